The molecule has 8 heteroatoms. The molecular weight excluding hydrogens is 435 g/mol. The molecule has 0 unspecified atom stereocenters. The summed E-state index contributed by atoms with van der Waals surface area (Å²) < 4.78 is 20.9. The minimum absolute atomic E-state index is 0.182. The summed E-state index contributed by atoms with van der Waals surface area (Å²) in [6, 6.07) is 15.1. The highest BCUT2D eigenvalue weighted by Crippen LogP contribution is 2.26. The van der Waals surface area contributed by atoms with Gasteiger partial charge in [-0.25, -0.2) is 19.0 Å². The van der Waals surface area contributed by atoms with Crippen molar-refractivity contribution in [3.63, 3.8) is 0 Å². The zero-order chi connectivity index (χ0) is 24.1. The minimum Gasteiger partial charge on any atom is -0.445 e. The molecule has 1 fully saturated rings. The average molecular weight is 465 g/mol. The van der Waals surface area contributed by atoms with Crippen molar-refractivity contribution >= 4 is 17.8 Å². The number of amides is 2. The van der Waals surface area contributed by atoms with Crippen molar-refractivity contribution in [3.05, 3.63) is 84.2 Å². The zero-order valence-corrected chi connectivity index (χ0v) is 19.4. The third-order valence-electron chi connectivity index (χ3n) is 6.00. The molecule has 1 aliphatic rings. The Morgan fingerprint density at radius 3 is 2.50 bits per heavy atom. The van der Waals surface area contributed by atoms with Gasteiger partial charge < -0.3 is 9.64 Å². The number of halogens is 1. The van der Waals surface area contributed by atoms with Crippen molar-refractivity contribution in [2.45, 2.75) is 45.3 Å². The van der Waals surface area contributed by atoms with Crippen LogP contribution in [0.15, 0.2) is 67.1 Å². The predicted octanol–water partition coefficient (Wildman–Crippen LogP) is 5.42. The number of hydrogen-bond acceptors (Lipinski definition) is 4. The summed E-state index contributed by atoms with van der Waals surface area (Å²) >= 11 is 0. The van der Waals surface area contributed by atoms with E-state index in [9.17, 15) is 14.0 Å². The number of carbonyl (C=O) groups excluding carboxylic acids is 2. The minimum atomic E-state index is -0.411. The first-order valence-corrected chi connectivity index (χ1v) is 11.5. The van der Waals surface area contributed by atoms with E-state index in [0.717, 1.165) is 11.3 Å². The van der Waals surface area contributed by atoms with Crippen LogP contribution in [0.25, 0.3) is 0 Å². The summed E-state index contributed by atoms with van der Waals surface area (Å²) in [7, 11) is 0. The zero-order valence-electron chi connectivity index (χ0n) is 19.4. The van der Waals surface area contributed by atoms with Crippen LogP contribution in [0.3, 0.4) is 0 Å². The Balaban J connectivity index is 1.46. The lowest BCUT2D eigenvalue weighted by atomic mass is 10.0. The number of imidazole rings is 1. The topological polar surface area (TPSA) is 67.7 Å². The second kappa shape index (κ2) is 10.5. The van der Waals surface area contributed by atoms with Crippen molar-refractivity contribution in [1.82, 2.24) is 14.5 Å². The number of aromatic nitrogens is 2. The normalized spacial score (nSPS) is 14.3. The van der Waals surface area contributed by atoms with Gasteiger partial charge in [-0.3, -0.25) is 9.47 Å². The van der Waals surface area contributed by atoms with Gasteiger partial charge in [-0.2, -0.15) is 0 Å². The Bertz CT molecular complexity index is 1120. The fraction of sp³-hybridized carbons (Fsp3) is 0.346. The third-order valence-corrected chi connectivity index (χ3v) is 6.00. The first-order chi connectivity index (χ1) is 16.4. The van der Waals surface area contributed by atoms with Crippen molar-refractivity contribution < 1.29 is 18.7 Å². The number of nitrogens with zero attached hydrogens (tertiary/aromatic N) is 4. The van der Waals surface area contributed by atoms with Gasteiger partial charge in [-0.15, -0.1) is 0 Å². The molecule has 4 rings (SSSR count). The molecule has 0 saturated carbocycles. The van der Waals surface area contributed by atoms with E-state index >= 15 is 0 Å². The van der Waals surface area contributed by atoms with Gasteiger partial charge in [-0.05, 0) is 42.5 Å². The molecule has 178 valence electrons. The van der Waals surface area contributed by atoms with E-state index in [2.05, 4.69) is 4.98 Å². The van der Waals surface area contributed by atoms with Crippen LogP contribution in [0.1, 0.15) is 43.9 Å². The number of likely N-dealkylation sites (tertiary alicyclic amines) is 1. The van der Waals surface area contributed by atoms with Crippen LogP contribution in [-0.2, 0) is 11.3 Å². The van der Waals surface area contributed by atoms with E-state index in [1.807, 2.05) is 44.2 Å². The van der Waals surface area contributed by atoms with Gasteiger partial charge >= 0.3 is 12.1 Å². The van der Waals surface area contributed by atoms with Crippen LogP contribution in [0.2, 0.25) is 0 Å². The van der Waals surface area contributed by atoms with Gasteiger partial charge in [0.2, 0.25) is 0 Å². The molecule has 2 heterocycles. The van der Waals surface area contributed by atoms with Crippen LogP contribution in [0.4, 0.5) is 19.7 Å². The van der Waals surface area contributed by atoms with E-state index in [1.165, 1.54) is 23.0 Å². The Hall–Kier alpha value is -3.68. The summed E-state index contributed by atoms with van der Waals surface area (Å²) in [6.07, 6.45) is 3.94. The number of carbonyl (C=O) groups is 2. The van der Waals surface area contributed by atoms with Gasteiger partial charge in [0.25, 0.3) is 0 Å². The molecule has 2 aromatic carbocycles. The Morgan fingerprint density at radius 2 is 1.85 bits per heavy atom. The van der Waals surface area contributed by atoms with Crippen molar-refractivity contribution in [3.8, 4) is 0 Å². The van der Waals surface area contributed by atoms with Gasteiger partial charge in [-0.1, -0.05) is 50.2 Å². The summed E-state index contributed by atoms with van der Waals surface area (Å²) in [5.41, 5.74) is 2.22. The number of anilines is 1. The molecule has 0 N–H and O–H groups in total. The first-order valence-electron chi connectivity index (χ1n) is 11.5. The number of piperidine rings is 1. The average Bonchev–Trinajstić information content (AvgIpc) is 3.35. The lowest BCUT2D eigenvalue weighted by Gasteiger charge is -2.38. The molecule has 3 aromatic rings. The predicted molar refractivity (Wildman–Crippen MR) is 127 cm³/mol. The number of ether oxygens (including phenoxy) is 1. The van der Waals surface area contributed by atoms with Crippen LogP contribution in [0.5, 0.6) is 0 Å². The van der Waals surface area contributed by atoms with Gasteiger partial charge in [0, 0.05) is 31.0 Å². The molecule has 2 amide bonds. The second-order valence-electron chi connectivity index (χ2n) is 8.75. The second-order valence-corrected chi connectivity index (χ2v) is 8.75. The van der Waals surface area contributed by atoms with E-state index in [0.29, 0.717) is 31.6 Å². The molecular formula is C26H29FN4O3. The van der Waals surface area contributed by atoms with Crippen LogP contribution >= 0.6 is 0 Å². The van der Waals surface area contributed by atoms with Crippen molar-refractivity contribution in [1.29, 1.82) is 0 Å². The molecule has 0 aliphatic carbocycles. The molecule has 7 nitrogen and oxygen atoms in total. The fourth-order valence-corrected chi connectivity index (χ4v) is 4.09. The van der Waals surface area contributed by atoms with E-state index < -0.39 is 5.82 Å². The SMILES string of the molecule is CC(C)c1cn(C(=O)N(c2cccc(F)c2)C2CCN(C(=O)OCc3ccccc3)CC2)cn1. The lowest BCUT2D eigenvalue weighted by Crippen LogP contribution is -2.50. The quantitative estimate of drug-likeness (QED) is 0.506. The highest BCUT2D eigenvalue weighted by molar-refractivity contribution is 5.94. The highest BCUT2D eigenvalue weighted by atomic mass is 19.1. The monoisotopic (exact) mass is 464 g/mol. The number of rotatable bonds is 5. The maximum atomic E-state index is 14.0. The molecule has 0 atom stereocenters. The molecule has 0 bridgehead atoms. The maximum absolute atomic E-state index is 14.0. The molecule has 34 heavy (non-hydrogen) atoms. The van der Waals surface area contributed by atoms with Gasteiger partial charge in [0.05, 0.1) is 5.69 Å². The van der Waals surface area contributed by atoms with Crippen LogP contribution in [-0.4, -0.2) is 45.7 Å². The number of benzene rings is 2. The summed E-state index contributed by atoms with van der Waals surface area (Å²) in [4.78, 5) is 33.6. The standard InChI is InChI=1S/C26H29FN4O3/c1-19(2)24-16-30(18-28-24)25(32)31(23-10-6-9-21(27)15-23)22-11-13-29(14-12-22)26(33)34-17-20-7-4-3-5-8-20/h3-10,15-16,18-19,22H,11-14,17H2,1-2H3. The Morgan fingerprint density at radius 1 is 1.12 bits per heavy atom. The van der Waals surface area contributed by atoms with E-state index in [1.54, 1.807) is 28.1 Å². The summed E-state index contributed by atoms with van der Waals surface area (Å²) in [5, 5.41) is 0. The molecule has 0 spiro atoms. The largest absolute Gasteiger partial charge is 0.445 e. The fourth-order valence-electron chi connectivity index (χ4n) is 4.09. The summed E-state index contributed by atoms with van der Waals surface area (Å²) in [6.45, 7) is 5.12. The van der Waals surface area contributed by atoms with E-state index in [4.69, 9.17) is 4.74 Å². The molecule has 1 aliphatic heterocycles. The first kappa shape index (κ1) is 23.5. The Labute approximate surface area is 198 Å². The highest BCUT2D eigenvalue weighted by Gasteiger charge is 2.32. The van der Waals surface area contributed by atoms with Gasteiger partial charge in [0.1, 0.15) is 18.8 Å². The van der Waals surface area contributed by atoms with Gasteiger partial charge in [0.15, 0.2) is 0 Å². The molecule has 0 radical (unpaired) electrons. The Kier molecular flexibility index (Phi) is 7.25. The van der Waals surface area contributed by atoms with Crippen LogP contribution < -0.4 is 4.90 Å². The summed E-state index contributed by atoms with van der Waals surface area (Å²) in [5.74, 6) is -0.229. The van der Waals surface area contributed by atoms with Crippen molar-refractivity contribution in [2.24, 2.45) is 0 Å². The molecule has 1 aromatic heterocycles. The maximum Gasteiger partial charge on any atom is 0.410 e. The third kappa shape index (κ3) is 5.44. The number of hydrogen-bond donors (Lipinski definition) is 0. The van der Waals surface area contributed by atoms with Crippen LogP contribution in [0, 0.1) is 5.82 Å². The van der Waals surface area contributed by atoms with E-state index in [-0.39, 0.29) is 30.7 Å². The van der Waals surface area contributed by atoms with Crippen molar-refractivity contribution in [2.75, 3.05) is 18.0 Å². The smallest absolute Gasteiger partial charge is 0.410 e. The lowest BCUT2D eigenvalue weighted by molar-refractivity contribution is 0.0871. The molecule has 1 saturated heterocycles.